The smallest absolute Gasteiger partial charge is 0.309 e. The molecule has 1 aromatic rings. The first-order valence-corrected chi connectivity index (χ1v) is 7.45. The van der Waals surface area contributed by atoms with Crippen molar-refractivity contribution < 1.29 is 13.2 Å². The van der Waals surface area contributed by atoms with Crippen molar-refractivity contribution >= 4 is 0 Å². The number of nitrogens with one attached hydrogen (secondary N) is 1. The number of hydrogen-bond donors (Lipinski definition) is 1. The number of alkyl halides is 3. The Labute approximate surface area is 117 Å². The van der Waals surface area contributed by atoms with Crippen LogP contribution in [0.15, 0.2) is 24.3 Å². The Hall–Kier alpha value is -1.03. The van der Waals surface area contributed by atoms with Crippen LogP contribution < -0.4 is 5.32 Å². The molecular weight excluding hydrogens is 263 g/mol. The van der Waals surface area contributed by atoms with E-state index in [1.165, 1.54) is 24.8 Å². The molecule has 0 aromatic heterocycles. The molecule has 1 heterocycles. The molecule has 1 aliphatic heterocycles. The highest BCUT2D eigenvalue weighted by Crippen LogP contribution is 2.42. The molecule has 2 atom stereocenters. The summed E-state index contributed by atoms with van der Waals surface area (Å²) in [5, 5.41) is 3.07. The fraction of sp³-hybridized carbons (Fsp3) is 0.625. The fourth-order valence-electron chi connectivity index (χ4n) is 3.34. The van der Waals surface area contributed by atoms with E-state index in [-0.39, 0.29) is 6.42 Å². The molecule has 2 aliphatic rings. The summed E-state index contributed by atoms with van der Waals surface area (Å²) in [5.74, 6) is -0.698. The molecule has 3 rings (SSSR count). The maximum atomic E-state index is 13.2. The summed E-state index contributed by atoms with van der Waals surface area (Å²) in [6.07, 6.45) is 0.290. The Morgan fingerprint density at radius 2 is 1.75 bits per heavy atom. The van der Waals surface area contributed by atoms with Gasteiger partial charge >= 0.3 is 6.18 Å². The third-order valence-electron chi connectivity index (χ3n) is 4.73. The molecule has 110 valence electrons. The molecule has 1 aromatic carbocycles. The second kappa shape index (κ2) is 5.40. The number of halogens is 3. The normalized spacial score (nSPS) is 28.1. The zero-order valence-corrected chi connectivity index (χ0v) is 11.4. The Bertz CT molecular complexity index is 465. The highest BCUT2D eigenvalue weighted by Gasteiger charge is 2.46. The lowest BCUT2D eigenvalue weighted by molar-refractivity contribution is -0.189. The van der Waals surface area contributed by atoms with Crippen molar-refractivity contribution in [1.29, 1.82) is 0 Å². The number of hydrogen-bond acceptors (Lipinski definition) is 1. The lowest BCUT2D eigenvalue weighted by Gasteiger charge is -2.35. The van der Waals surface area contributed by atoms with E-state index < -0.39 is 18.1 Å². The van der Waals surface area contributed by atoms with Gasteiger partial charge in [0.2, 0.25) is 0 Å². The first-order chi connectivity index (χ1) is 9.55. The summed E-state index contributed by atoms with van der Waals surface area (Å²) in [4.78, 5) is 0. The van der Waals surface area contributed by atoms with Gasteiger partial charge in [-0.25, -0.2) is 0 Å². The van der Waals surface area contributed by atoms with Gasteiger partial charge in [-0.15, -0.1) is 0 Å². The van der Waals surface area contributed by atoms with E-state index in [0.717, 1.165) is 5.56 Å². The Morgan fingerprint density at radius 1 is 1.00 bits per heavy atom. The average molecular weight is 283 g/mol. The zero-order chi connectivity index (χ0) is 14.2. The molecule has 1 nitrogen and oxygen atoms in total. The lowest BCUT2D eigenvalue weighted by atomic mass is 9.78. The predicted molar refractivity (Wildman–Crippen MR) is 72.6 cm³/mol. The zero-order valence-electron chi connectivity index (χ0n) is 11.4. The quantitative estimate of drug-likeness (QED) is 0.839. The molecule has 1 saturated carbocycles. The topological polar surface area (TPSA) is 12.0 Å². The van der Waals surface area contributed by atoms with Crippen LogP contribution in [0.5, 0.6) is 0 Å². The van der Waals surface area contributed by atoms with Gasteiger partial charge in [0.15, 0.2) is 0 Å². The summed E-state index contributed by atoms with van der Waals surface area (Å²) in [7, 11) is 0. The molecule has 0 radical (unpaired) electrons. The van der Waals surface area contributed by atoms with E-state index >= 15 is 0 Å². The number of rotatable bonds is 2. The molecule has 20 heavy (non-hydrogen) atoms. The van der Waals surface area contributed by atoms with E-state index in [1.54, 1.807) is 0 Å². The van der Waals surface area contributed by atoms with Gasteiger partial charge in [-0.2, -0.15) is 13.2 Å². The minimum atomic E-state index is -4.12. The van der Waals surface area contributed by atoms with Gasteiger partial charge in [-0.05, 0) is 49.3 Å². The highest BCUT2D eigenvalue weighted by atomic mass is 19.4. The average Bonchev–Trinajstić information content (AvgIpc) is 2.36. The van der Waals surface area contributed by atoms with Crippen LogP contribution in [0, 0.1) is 5.92 Å². The van der Waals surface area contributed by atoms with Crippen LogP contribution >= 0.6 is 0 Å². The van der Waals surface area contributed by atoms with E-state index in [1.807, 2.05) is 18.2 Å². The standard InChI is InChI=1S/C16H20F3N/c17-16(18,19)14-8-3-9-20-15(14)13-7-2-6-12(10-13)11-4-1-5-11/h2,6-7,10-11,14-15,20H,1,3-5,8-9H2. The van der Waals surface area contributed by atoms with Crippen LogP contribution in [-0.4, -0.2) is 12.7 Å². The largest absolute Gasteiger partial charge is 0.393 e. The maximum Gasteiger partial charge on any atom is 0.393 e. The molecule has 2 fully saturated rings. The highest BCUT2D eigenvalue weighted by molar-refractivity contribution is 5.30. The van der Waals surface area contributed by atoms with Gasteiger partial charge in [0, 0.05) is 6.04 Å². The van der Waals surface area contributed by atoms with Gasteiger partial charge in [0.05, 0.1) is 5.92 Å². The summed E-state index contributed by atoms with van der Waals surface area (Å²) in [6.45, 7) is 0.672. The predicted octanol–water partition coefficient (Wildman–Crippen LogP) is 4.56. The van der Waals surface area contributed by atoms with Crippen molar-refractivity contribution in [1.82, 2.24) is 5.32 Å². The molecular formula is C16H20F3N. The first kappa shape index (κ1) is 13.9. The van der Waals surface area contributed by atoms with Crippen LogP contribution in [0.4, 0.5) is 13.2 Å². The van der Waals surface area contributed by atoms with Gasteiger partial charge in [-0.1, -0.05) is 30.7 Å². The van der Waals surface area contributed by atoms with Crippen LogP contribution in [-0.2, 0) is 0 Å². The molecule has 4 heteroatoms. The fourth-order valence-corrected chi connectivity index (χ4v) is 3.34. The maximum absolute atomic E-state index is 13.2. The second-order valence-corrected chi connectivity index (χ2v) is 6.02. The minimum absolute atomic E-state index is 0.231. The van der Waals surface area contributed by atoms with Crippen molar-refractivity contribution in [3.05, 3.63) is 35.4 Å². The SMILES string of the molecule is FC(F)(F)C1CCCNC1c1cccc(C2CCC2)c1. The van der Waals surface area contributed by atoms with Gasteiger partial charge in [0.25, 0.3) is 0 Å². The molecule has 1 saturated heterocycles. The van der Waals surface area contributed by atoms with E-state index in [2.05, 4.69) is 11.4 Å². The molecule has 0 bridgehead atoms. The molecule has 1 N–H and O–H groups in total. The second-order valence-electron chi connectivity index (χ2n) is 6.02. The van der Waals surface area contributed by atoms with E-state index in [9.17, 15) is 13.2 Å². The molecule has 2 unspecified atom stereocenters. The van der Waals surface area contributed by atoms with E-state index in [4.69, 9.17) is 0 Å². The van der Waals surface area contributed by atoms with Crippen molar-refractivity contribution in [2.45, 2.75) is 50.2 Å². The third-order valence-corrected chi connectivity index (χ3v) is 4.73. The minimum Gasteiger partial charge on any atom is -0.309 e. The molecule has 1 aliphatic carbocycles. The van der Waals surface area contributed by atoms with Crippen molar-refractivity contribution in [3.8, 4) is 0 Å². The van der Waals surface area contributed by atoms with Crippen LogP contribution in [0.25, 0.3) is 0 Å². The van der Waals surface area contributed by atoms with Gasteiger partial charge in [-0.3, -0.25) is 0 Å². The van der Waals surface area contributed by atoms with E-state index in [0.29, 0.717) is 18.9 Å². The van der Waals surface area contributed by atoms with Gasteiger partial charge < -0.3 is 5.32 Å². The summed E-state index contributed by atoms with van der Waals surface area (Å²) in [5.41, 5.74) is 2.01. The molecule has 0 amide bonds. The van der Waals surface area contributed by atoms with Crippen LogP contribution in [0.2, 0.25) is 0 Å². The monoisotopic (exact) mass is 283 g/mol. The Balaban J connectivity index is 1.85. The van der Waals surface area contributed by atoms with Crippen LogP contribution in [0.3, 0.4) is 0 Å². The number of piperidine rings is 1. The summed E-state index contributed by atoms with van der Waals surface area (Å²) < 4.78 is 39.5. The lowest BCUT2D eigenvalue weighted by Crippen LogP contribution is -2.41. The Kier molecular flexibility index (Phi) is 3.76. The van der Waals surface area contributed by atoms with Crippen LogP contribution in [0.1, 0.15) is 55.2 Å². The van der Waals surface area contributed by atoms with Gasteiger partial charge in [0.1, 0.15) is 0 Å². The summed E-state index contributed by atoms with van der Waals surface area (Å²) in [6, 6.07) is 7.21. The first-order valence-electron chi connectivity index (χ1n) is 7.45. The third kappa shape index (κ3) is 2.71. The summed E-state index contributed by atoms with van der Waals surface area (Å²) >= 11 is 0. The van der Waals surface area contributed by atoms with Crippen molar-refractivity contribution in [2.75, 3.05) is 6.54 Å². The number of benzene rings is 1. The Morgan fingerprint density at radius 3 is 2.40 bits per heavy atom. The van der Waals surface area contributed by atoms with Crippen molar-refractivity contribution in [2.24, 2.45) is 5.92 Å². The molecule has 0 spiro atoms. The van der Waals surface area contributed by atoms with Crippen molar-refractivity contribution in [3.63, 3.8) is 0 Å².